The predicted molar refractivity (Wildman–Crippen MR) is 54.0 cm³/mol. The van der Waals surface area contributed by atoms with E-state index in [9.17, 15) is 0 Å². The van der Waals surface area contributed by atoms with Gasteiger partial charge in [0.05, 0.1) is 7.11 Å². The second kappa shape index (κ2) is 5.87. The summed E-state index contributed by atoms with van der Waals surface area (Å²) in [6.45, 7) is 8.53. The normalized spacial score (nSPS) is 14.2. The van der Waals surface area contributed by atoms with Gasteiger partial charge in [-0.15, -0.1) is 0 Å². The largest absolute Gasteiger partial charge is 0.497 e. The average molecular weight is 168 g/mol. The van der Waals surface area contributed by atoms with E-state index in [1.54, 1.807) is 7.11 Å². The number of rotatable bonds is 4. The Morgan fingerprint density at radius 3 is 2.08 bits per heavy atom. The summed E-state index contributed by atoms with van der Waals surface area (Å²) in [5.74, 6) is 1.02. The van der Waals surface area contributed by atoms with Crippen LogP contribution in [0, 0.1) is 0 Å². The first-order valence-electron chi connectivity index (χ1n) is 4.56. The molecule has 0 unspecified atom stereocenters. The van der Waals surface area contributed by atoms with Gasteiger partial charge in [0.15, 0.2) is 0 Å². The molecular weight excluding hydrogens is 148 g/mol. The maximum absolute atomic E-state index is 5.28. The van der Waals surface area contributed by atoms with E-state index >= 15 is 0 Å². The summed E-state index contributed by atoms with van der Waals surface area (Å²) in [6.07, 6.45) is 4.26. The van der Waals surface area contributed by atoms with E-state index in [-0.39, 0.29) is 0 Å². The molecule has 0 atom stereocenters. The Balaban J connectivity index is 4.57. The first-order valence-corrected chi connectivity index (χ1v) is 4.56. The molecule has 0 radical (unpaired) electrons. The molecule has 0 bridgehead atoms. The smallest absolute Gasteiger partial charge is 0.117 e. The van der Waals surface area contributed by atoms with Gasteiger partial charge in [0.1, 0.15) is 5.76 Å². The molecule has 0 fully saturated rings. The SMILES string of the molecule is CC/C(C)=C\C(OC)=C(/C)CC. The van der Waals surface area contributed by atoms with Crippen LogP contribution in [0.25, 0.3) is 0 Å². The van der Waals surface area contributed by atoms with E-state index in [2.05, 4.69) is 33.8 Å². The molecule has 1 nitrogen and oxygen atoms in total. The van der Waals surface area contributed by atoms with Crippen molar-refractivity contribution in [1.29, 1.82) is 0 Å². The van der Waals surface area contributed by atoms with Gasteiger partial charge in [-0.25, -0.2) is 0 Å². The van der Waals surface area contributed by atoms with E-state index in [0.29, 0.717) is 0 Å². The Bertz CT molecular complexity index is 187. The zero-order chi connectivity index (χ0) is 9.56. The molecule has 0 spiro atoms. The molecule has 0 aromatic rings. The van der Waals surface area contributed by atoms with Crippen LogP contribution < -0.4 is 0 Å². The standard InChI is InChI=1S/C11H20O/c1-6-9(3)8-11(12-5)10(4)7-2/h8H,6-7H2,1-5H3/b9-8-,11-10-. The predicted octanol–water partition coefficient (Wildman–Crippen LogP) is 3.67. The number of hydrogen-bond donors (Lipinski definition) is 0. The molecule has 0 saturated carbocycles. The molecule has 0 aliphatic carbocycles. The van der Waals surface area contributed by atoms with Crippen LogP contribution in [0.15, 0.2) is 23.0 Å². The van der Waals surface area contributed by atoms with Crippen LogP contribution in [0.4, 0.5) is 0 Å². The molecule has 0 heterocycles. The molecule has 0 rings (SSSR count). The highest BCUT2D eigenvalue weighted by atomic mass is 16.5. The molecule has 0 saturated heterocycles. The summed E-state index contributed by atoms with van der Waals surface area (Å²) in [5.41, 5.74) is 2.67. The van der Waals surface area contributed by atoms with Crippen LogP contribution in [0.2, 0.25) is 0 Å². The summed E-state index contributed by atoms with van der Waals surface area (Å²) in [4.78, 5) is 0. The first-order chi connectivity index (χ1) is 5.65. The maximum Gasteiger partial charge on any atom is 0.117 e. The summed E-state index contributed by atoms with van der Waals surface area (Å²) in [6, 6.07) is 0. The van der Waals surface area contributed by atoms with Gasteiger partial charge in [-0.2, -0.15) is 0 Å². The zero-order valence-electron chi connectivity index (χ0n) is 8.90. The Morgan fingerprint density at radius 2 is 1.75 bits per heavy atom. The molecule has 0 aromatic heterocycles. The van der Waals surface area contributed by atoms with E-state index in [4.69, 9.17) is 4.74 Å². The van der Waals surface area contributed by atoms with Crippen molar-refractivity contribution >= 4 is 0 Å². The van der Waals surface area contributed by atoms with Gasteiger partial charge in [-0.3, -0.25) is 0 Å². The van der Waals surface area contributed by atoms with Crippen molar-refractivity contribution in [2.24, 2.45) is 0 Å². The van der Waals surface area contributed by atoms with E-state index < -0.39 is 0 Å². The van der Waals surface area contributed by atoms with E-state index in [0.717, 1.165) is 18.6 Å². The van der Waals surface area contributed by atoms with Gasteiger partial charge in [0.2, 0.25) is 0 Å². The van der Waals surface area contributed by atoms with Crippen molar-refractivity contribution in [2.45, 2.75) is 40.5 Å². The molecule has 0 aliphatic heterocycles. The van der Waals surface area contributed by atoms with Crippen molar-refractivity contribution < 1.29 is 4.74 Å². The molecule has 0 N–H and O–H groups in total. The lowest BCUT2D eigenvalue weighted by Gasteiger charge is -2.06. The molecule has 1 heteroatoms. The van der Waals surface area contributed by atoms with Crippen molar-refractivity contribution in [3.05, 3.63) is 23.0 Å². The van der Waals surface area contributed by atoms with E-state index in [1.165, 1.54) is 11.1 Å². The Hall–Kier alpha value is -0.720. The molecular formula is C11H20O. The minimum atomic E-state index is 1.02. The summed E-state index contributed by atoms with van der Waals surface area (Å²) < 4.78 is 5.28. The van der Waals surface area contributed by atoms with Crippen LogP contribution in [-0.4, -0.2) is 7.11 Å². The highest BCUT2D eigenvalue weighted by Gasteiger charge is 1.97. The minimum Gasteiger partial charge on any atom is -0.497 e. The lowest BCUT2D eigenvalue weighted by molar-refractivity contribution is 0.300. The first kappa shape index (κ1) is 11.3. The fourth-order valence-electron chi connectivity index (χ4n) is 0.856. The molecule has 0 aliphatic rings. The monoisotopic (exact) mass is 168 g/mol. The maximum atomic E-state index is 5.28. The zero-order valence-corrected chi connectivity index (χ0v) is 8.90. The van der Waals surface area contributed by atoms with Gasteiger partial charge >= 0.3 is 0 Å². The van der Waals surface area contributed by atoms with Gasteiger partial charge in [0, 0.05) is 0 Å². The number of allylic oxidation sites excluding steroid dienone is 3. The molecule has 70 valence electrons. The van der Waals surface area contributed by atoms with Crippen molar-refractivity contribution in [2.75, 3.05) is 7.11 Å². The van der Waals surface area contributed by atoms with Crippen molar-refractivity contribution in [3.63, 3.8) is 0 Å². The average Bonchev–Trinajstić information content (AvgIpc) is 2.12. The van der Waals surface area contributed by atoms with Crippen LogP contribution in [0.5, 0.6) is 0 Å². The quantitative estimate of drug-likeness (QED) is 0.459. The third kappa shape index (κ3) is 3.61. The third-order valence-electron chi connectivity index (χ3n) is 2.11. The highest BCUT2D eigenvalue weighted by Crippen LogP contribution is 2.13. The number of ether oxygens (including phenoxy) is 1. The Kier molecular flexibility index (Phi) is 5.52. The Labute approximate surface area is 76.1 Å². The van der Waals surface area contributed by atoms with Crippen LogP contribution >= 0.6 is 0 Å². The summed E-state index contributed by atoms with van der Waals surface area (Å²) in [5, 5.41) is 0. The lowest BCUT2D eigenvalue weighted by atomic mass is 10.1. The number of methoxy groups -OCH3 is 1. The summed E-state index contributed by atoms with van der Waals surface area (Å²) in [7, 11) is 1.73. The minimum absolute atomic E-state index is 1.02. The number of hydrogen-bond acceptors (Lipinski definition) is 1. The van der Waals surface area contributed by atoms with Gasteiger partial charge in [-0.1, -0.05) is 19.4 Å². The second-order valence-corrected chi connectivity index (χ2v) is 3.05. The van der Waals surface area contributed by atoms with Crippen LogP contribution in [-0.2, 0) is 4.74 Å². The lowest BCUT2D eigenvalue weighted by Crippen LogP contribution is -1.89. The van der Waals surface area contributed by atoms with Gasteiger partial charge in [-0.05, 0) is 38.3 Å². The molecule has 0 amide bonds. The van der Waals surface area contributed by atoms with Crippen molar-refractivity contribution in [1.82, 2.24) is 0 Å². The fourth-order valence-corrected chi connectivity index (χ4v) is 0.856. The van der Waals surface area contributed by atoms with Gasteiger partial charge < -0.3 is 4.74 Å². The van der Waals surface area contributed by atoms with Crippen molar-refractivity contribution in [3.8, 4) is 0 Å². The van der Waals surface area contributed by atoms with E-state index in [1.807, 2.05) is 0 Å². The van der Waals surface area contributed by atoms with Crippen LogP contribution in [0.1, 0.15) is 40.5 Å². The third-order valence-corrected chi connectivity index (χ3v) is 2.11. The van der Waals surface area contributed by atoms with Gasteiger partial charge in [0.25, 0.3) is 0 Å². The topological polar surface area (TPSA) is 9.23 Å². The Morgan fingerprint density at radius 1 is 1.17 bits per heavy atom. The molecule has 12 heavy (non-hydrogen) atoms. The second-order valence-electron chi connectivity index (χ2n) is 3.05. The molecule has 0 aromatic carbocycles. The highest BCUT2D eigenvalue weighted by molar-refractivity contribution is 5.22. The van der Waals surface area contributed by atoms with Crippen LogP contribution in [0.3, 0.4) is 0 Å². The summed E-state index contributed by atoms with van der Waals surface area (Å²) >= 11 is 0. The fraction of sp³-hybridized carbons (Fsp3) is 0.636.